The summed E-state index contributed by atoms with van der Waals surface area (Å²) in [5.41, 5.74) is -0.866. The van der Waals surface area contributed by atoms with Gasteiger partial charge in [-0.05, 0) is 20.8 Å². The highest BCUT2D eigenvalue weighted by molar-refractivity contribution is 5.88. The van der Waals surface area contributed by atoms with E-state index >= 15 is 0 Å². The SMILES string of the molecule is CCN(CC)C(=O)C=C(C)C(F)(F)F. The number of rotatable bonds is 3. The van der Waals surface area contributed by atoms with E-state index in [0.29, 0.717) is 19.2 Å². The minimum Gasteiger partial charge on any atom is -0.340 e. The Labute approximate surface area is 81.4 Å². The van der Waals surface area contributed by atoms with Crippen LogP contribution in [0.1, 0.15) is 20.8 Å². The van der Waals surface area contributed by atoms with Gasteiger partial charge in [0.2, 0.25) is 5.91 Å². The lowest BCUT2D eigenvalue weighted by molar-refractivity contribution is -0.126. The maximum absolute atomic E-state index is 12.0. The number of carbonyl (C=O) groups is 1. The predicted molar refractivity (Wildman–Crippen MR) is 47.7 cm³/mol. The molecule has 0 aromatic carbocycles. The predicted octanol–water partition coefficient (Wildman–Crippen LogP) is 2.36. The highest BCUT2D eigenvalue weighted by atomic mass is 19.4. The number of allylic oxidation sites excluding steroid dienone is 1. The van der Waals surface area contributed by atoms with E-state index in [9.17, 15) is 18.0 Å². The van der Waals surface area contributed by atoms with Gasteiger partial charge in [0, 0.05) is 24.7 Å². The Morgan fingerprint density at radius 1 is 1.29 bits per heavy atom. The zero-order valence-electron chi connectivity index (χ0n) is 8.48. The van der Waals surface area contributed by atoms with Gasteiger partial charge in [-0.15, -0.1) is 0 Å². The lowest BCUT2D eigenvalue weighted by atomic mass is 10.2. The molecule has 0 aromatic heterocycles. The summed E-state index contributed by atoms with van der Waals surface area (Å²) >= 11 is 0. The van der Waals surface area contributed by atoms with E-state index in [1.807, 2.05) is 0 Å². The van der Waals surface area contributed by atoms with Crippen molar-refractivity contribution in [2.45, 2.75) is 26.9 Å². The van der Waals surface area contributed by atoms with Gasteiger partial charge >= 0.3 is 6.18 Å². The highest BCUT2D eigenvalue weighted by Gasteiger charge is 2.30. The van der Waals surface area contributed by atoms with Gasteiger partial charge in [-0.3, -0.25) is 4.79 Å². The van der Waals surface area contributed by atoms with Crippen molar-refractivity contribution >= 4 is 5.91 Å². The van der Waals surface area contributed by atoms with Gasteiger partial charge < -0.3 is 4.90 Å². The largest absolute Gasteiger partial charge is 0.412 e. The number of nitrogens with zero attached hydrogens (tertiary/aromatic N) is 1. The van der Waals surface area contributed by atoms with Crippen LogP contribution in [0.25, 0.3) is 0 Å². The molecule has 0 saturated carbocycles. The molecule has 0 aliphatic rings. The molecular formula is C9H14F3NO. The van der Waals surface area contributed by atoms with Crippen LogP contribution in [0.3, 0.4) is 0 Å². The Balaban J connectivity index is 4.58. The van der Waals surface area contributed by atoms with Gasteiger partial charge in [0.05, 0.1) is 0 Å². The third-order valence-corrected chi connectivity index (χ3v) is 1.86. The summed E-state index contributed by atoms with van der Waals surface area (Å²) in [6, 6.07) is 0. The summed E-state index contributed by atoms with van der Waals surface area (Å²) in [7, 11) is 0. The van der Waals surface area contributed by atoms with Crippen LogP contribution in [-0.2, 0) is 4.79 Å². The fraction of sp³-hybridized carbons (Fsp3) is 0.667. The zero-order chi connectivity index (χ0) is 11.4. The Bertz CT molecular complexity index is 229. The molecule has 0 N–H and O–H groups in total. The van der Waals surface area contributed by atoms with Crippen molar-refractivity contribution in [3.8, 4) is 0 Å². The van der Waals surface area contributed by atoms with Crippen LogP contribution in [0.15, 0.2) is 11.6 Å². The molecule has 0 bridgehead atoms. The van der Waals surface area contributed by atoms with Crippen molar-refractivity contribution in [2.24, 2.45) is 0 Å². The Hall–Kier alpha value is -1.00. The van der Waals surface area contributed by atoms with Crippen LogP contribution in [0.5, 0.6) is 0 Å². The molecule has 0 saturated heterocycles. The number of carbonyl (C=O) groups excluding carboxylic acids is 1. The number of amides is 1. The summed E-state index contributed by atoms with van der Waals surface area (Å²) in [4.78, 5) is 12.5. The molecule has 5 heteroatoms. The smallest absolute Gasteiger partial charge is 0.340 e. The van der Waals surface area contributed by atoms with Gasteiger partial charge in [-0.2, -0.15) is 13.2 Å². The molecule has 14 heavy (non-hydrogen) atoms. The number of alkyl halides is 3. The van der Waals surface area contributed by atoms with Gasteiger partial charge in [-0.1, -0.05) is 0 Å². The van der Waals surface area contributed by atoms with Crippen molar-refractivity contribution in [3.05, 3.63) is 11.6 Å². The average Bonchev–Trinajstić information content (AvgIpc) is 2.04. The van der Waals surface area contributed by atoms with E-state index in [1.165, 1.54) is 4.90 Å². The lowest BCUT2D eigenvalue weighted by Crippen LogP contribution is -2.29. The zero-order valence-corrected chi connectivity index (χ0v) is 8.48. The van der Waals surface area contributed by atoms with Gasteiger partial charge in [0.25, 0.3) is 0 Å². The van der Waals surface area contributed by atoms with Crippen molar-refractivity contribution in [2.75, 3.05) is 13.1 Å². The second kappa shape index (κ2) is 5.02. The molecule has 0 radical (unpaired) electrons. The summed E-state index contributed by atoms with van der Waals surface area (Å²) in [5, 5.41) is 0. The maximum Gasteiger partial charge on any atom is 0.412 e. The minimum atomic E-state index is -4.41. The molecule has 1 amide bonds. The molecule has 0 atom stereocenters. The average molecular weight is 209 g/mol. The van der Waals surface area contributed by atoms with Crippen molar-refractivity contribution in [3.63, 3.8) is 0 Å². The van der Waals surface area contributed by atoms with Crippen LogP contribution < -0.4 is 0 Å². The fourth-order valence-electron chi connectivity index (χ4n) is 0.894. The van der Waals surface area contributed by atoms with Crippen LogP contribution in [0, 0.1) is 0 Å². The molecule has 0 fully saturated rings. The van der Waals surface area contributed by atoms with Crippen molar-refractivity contribution in [1.29, 1.82) is 0 Å². The van der Waals surface area contributed by atoms with Crippen LogP contribution >= 0.6 is 0 Å². The summed E-state index contributed by atoms with van der Waals surface area (Å²) in [5.74, 6) is -0.593. The summed E-state index contributed by atoms with van der Waals surface area (Å²) < 4.78 is 36.1. The molecule has 0 unspecified atom stereocenters. The van der Waals surface area contributed by atoms with E-state index < -0.39 is 17.7 Å². The second-order valence-electron chi connectivity index (χ2n) is 2.84. The van der Waals surface area contributed by atoms with Crippen LogP contribution in [0.2, 0.25) is 0 Å². The van der Waals surface area contributed by atoms with Gasteiger partial charge in [0.1, 0.15) is 0 Å². The minimum absolute atomic E-state index is 0.414. The van der Waals surface area contributed by atoms with Gasteiger partial charge in [-0.25, -0.2) is 0 Å². The summed E-state index contributed by atoms with van der Waals surface area (Å²) in [6.45, 7) is 5.16. The first-order valence-corrected chi connectivity index (χ1v) is 4.37. The van der Waals surface area contributed by atoms with E-state index in [4.69, 9.17) is 0 Å². The first kappa shape index (κ1) is 13.0. The third-order valence-electron chi connectivity index (χ3n) is 1.86. The van der Waals surface area contributed by atoms with Gasteiger partial charge in [0.15, 0.2) is 0 Å². The van der Waals surface area contributed by atoms with E-state index in [0.717, 1.165) is 6.92 Å². The molecule has 0 aromatic rings. The number of likely N-dealkylation sites (N-methyl/N-ethyl adjacent to an activating group) is 1. The van der Waals surface area contributed by atoms with E-state index in [1.54, 1.807) is 13.8 Å². The molecule has 0 aliphatic heterocycles. The van der Waals surface area contributed by atoms with E-state index in [2.05, 4.69) is 0 Å². The lowest BCUT2D eigenvalue weighted by Gasteiger charge is -2.17. The molecule has 0 heterocycles. The number of hydrogen-bond donors (Lipinski definition) is 0. The molecule has 82 valence electrons. The second-order valence-corrected chi connectivity index (χ2v) is 2.84. The Morgan fingerprint density at radius 3 is 2.00 bits per heavy atom. The standard InChI is InChI=1S/C9H14F3NO/c1-4-13(5-2)8(14)6-7(3)9(10,11)12/h6H,4-5H2,1-3H3. The fourth-order valence-corrected chi connectivity index (χ4v) is 0.894. The Kier molecular flexibility index (Phi) is 4.67. The third kappa shape index (κ3) is 3.81. The maximum atomic E-state index is 12.0. The topological polar surface area (TPSA) is 20.3 Å². The van der Waals surface area contributed by atoms with Crippen molar-refractivity contribution < 1.29 is 18.0 Å². The normalized spacial score (nSPS) is 12.9. The summed E-state index contributed by atoms with van der Waals surface area (Å²) in [6.07, 6.45) is -3.78. The van der Waals surface area contributed by atoms with Crippen molar-refractivity contribution in [1.82, 2.24) is 4.90 Å². The first-order chi connectivity index (χ1) is 6.32. The Morgan fingerprint density at radius 2 is 1.71 bits per heavy atom. The van der Waals surface area contributed by atoms with Crippen LogP contribution in [-0.4, -0.2) is 30.1 Å². The molecule has 2 nitrogen and oxygen atoms in total. The molecular weight excluding hydrogens is 195 g/mol. The molecule has 0 aliphatic carbocycles. The first-order valence-electron chi connectivity index (χ1n) is 4.37. The monoisotopic (exact) mass is 209 g/mol. The van der Waals surface area contributed by atoms with E-state index in [-0.39, 0.29) is 0 Å². The number of hydrogen-bond acceptors (Lipinski definition) is 1. The highest BCUT2D eigenvalue weighted by Crippen LogP contribution is 2.24. The van der Waals surface area contributed by atoms with Crippen LogP contribution in [0.4, 0.5) is 13.2 Å². The molecule has 0 spiro atoms. The quantitative estimate of drug-likeness (QED) is 0.653. The molecule has 0 rings (SSSR count). The number of halogens is 3.